The van der Waals surface area contributed by atoms with Crippen LogP contribution in [0.2, 0.25) is 0 Å². The molecule has 0 heteroatoms. The monoisotopic (exact) mass is 138 g/mol. The van der Waals surface area contributed by atoms with Crippen molar-refractivity contribution < 1.29 is 0 Å². The Balaban J connectivity index is 2.55. The molecule has 0 aliphatic heterocycles. The van der Waals surface area contributed by atoms with Crippen molar-refractivity contribution in [1.82, 2.24) is 0 Å². The van der Waals surface area contributed by atoms with E-state index in [9.17, 15) is 0 Å². The third-order valence-corrected chi connectivity index (χ3v) is 2.66. The average Bonchev–Trinajstić information content (AvgIpc) is 1.96. The zero-order valence-electron chi connectivity index (χ0n) is 7.35. The Labute approximate surface area is 64.3 Å². The van der Waals surface area contributed by atoms with Gasteiger partial charge in [-0.05, 0) is 38.0 Å². The summed E-state index contributed by atoms with van der Waals surface area (Å²) in [6.45, 7) is 6.97. The predicted octanol–water partition coefficient (Wildman–Crippen LogP) is 3.39. The molecule has 0 saturated heterocycles. The van der Waals surface area contributed by atoms with E-state index in [4.69, 9.17) is 0 Å². The Hall–Kier alpha value is -0.260. The SMILES string of the molecule is CC1=CCCC(C)CC1C. The van der Waals surface area contributed by atoms with Gasteiger partial charge in [-0.15, -0.1) is 0 Å². The molecule has 0 aromatic carbocycles. The molecule has 10 heavy (non-hydrogen) atoms. The summed E-state index contributed by atoms with van der Waals surface area (Å²) in [5.41, 5.74) is 1.60. The normalized spacial score (nSPS) is 34.9. The Morgan fingerprint density at radius 3 is 2.80 bits per heavy atom. The average molecular weight is 138 g/mol. The predicted molar refractivity (Wildman–Crippen MR) is 45.9 cm³/mol. The van der Waals surface area contributed by atoms with Gasteiger partial charge in [0.15, 0.2) is 0 Å². The highest BCUT2D eigenvalue weighted by atomic mass is 14.2. The fourth-order valence-electron chi connectivity index (χ4n) is 1.70. The van der Waals surface area contributed by atoms with E-state index in [1.165, 1.54) is 19.3 Å². The minimum atomic E-state index is 0.831. The highest BCUT2D eigenvalue weighted by Crippen LogP contribution is 2.26. The van der Waals surface area contributed by atoms with Crippen LogP contribution in [0, 0.1) is 11.8 Å². The molecule has 1 aliphatic rings. The van der Waals surface area contributed by atoms with Crippen LogP contribution in [0.1, 0.15) is 40.0 Å². The smallest absolute Gasteiger partial charge is 0.0232 e. The fraction of sp³-hybridized carbons (Fsp3) is 0.800. The molecule has 0 aromatic rings. The molecule has 2 unspecified atom stereocenters. The van der Waals surface area contributed by atoms with Crippen LogP contribution in [-0.4, -0.2) is 0 Å². The zero-order chi connectivity index (χ0) is 7.56. The lowest BCUT2D eigenvalue weighted by atomic mass is 9.93. The highest BCUT2D eigenvalue weighted by molar-refractivity contribution is 5.04. The van der Waals surface area contributed by atoms with Gasteiger partial charge in [-0.2, -0.15) is 0 Å². The van der Waals surface area contributed by atoms with Gasteiger partial charge < -0.3 is 0 Å². The van der Waals surface area contributed by atoms with Crippen LogP contribution in [0.4, 0.5) is 0 Å². The standard InChI is InChI=1S/C10H18/c1-8-5-4-6-9(2)10(3)7-8/h6,8,10H,4-5,7H2,1-3H3. The molecule has 0 heterocycles. The fourth-order valence-corrected chi connectivity index (χ4v) is 1.70. The van der Waals surface area contributed by atoms with Crippen molar-refractivity contribution in [1.29, 1.82) is 0 Å². The Morgan fingerprint density at radius 1 is 1.40 bits per heavy atom. The number of allylic oxidation sites excluding steroid dienone is 2. The van der Waals surface area contributed by atoms with Gasteiger partial charge in [0.2, 0.25) is 0 Å². The van der Waals surface area contributed by atoms with Crippen molar-refractivity contribution in [3.8, 4) is 0 Å². The topological polar surface area (TPSA) is 0 Å². The number of hydrogen-bond acceptors (Lipinski definition) is 0. The van der Waals surface area contributed by atoms with Gasteiger partial charge in [0.25, 0.3) is 0 Å². The molecule has 58 valence electrons. The minimum Gasteiger partial charge on any atom is -0.0853 e. The van der Waals surface area contributed by atoms with Crippen LogP contribution < -0.4 is 0 Å². The molecular weight excluding hydrogens is 120 g/mol. The van der Waals surface area contributed by atoms with Gasteiger partial charge in [0, 0.05) is 0 Å². The summed E-state index contributed by atoms with van der Waals surface area (Å²) in [4.78, 5) is 0. The summed E-state index contributed by atoms with van der Waals surface area (Å²) in [6.07, 6.45) is 6.50. The summed E-state index contributed by atoms with van der Waals surface area (Å²) in [5.74, 6) is 1.76. The molecule has 0 nitrogen and oxygen atoms in total. The van der Waals surface area contributed by atoms with E-state index in [0.717, 1.165) is 11.8 Å². The number of hydrogen-bond donors (Lipinski definition) is 0. The first-order chi connectivity index (χ1) is 4.70. The summed E-state index contributed by atoms with van der Waals surface area (Å²) >= 11 is 0. The van der Waals surface area contributed by atoms with E-state index in [0.29, 0.717) is 0 Å². The van der Waals surface area contributed by atoms with Crippen LogP contribution in [0.3, 0.4) is 0 Å². The van der Waals surface area contributed by atoms with Gasteiger partial charge in [0.1, 0.15) is 0 Å². The van der Waals surface area contributed by atoms with Crippen molar-refractivity contribution in [2.24, 2.45) is 11.8 Å². The molecule has 1 rings (SSSR count). The summed E-state index contributed by atoms with van der Waals surface area (Å²) < 4.78 is 0. The molecular formula is C10H18. The molecule has 1 aliphatic carbocycles. The Kier molecular flexibility index (Phi) is 2.53. The molecule has 0 aromatic heterocycles. The van der Waals surface area contributed by atoms with E-state index < -0.39 is 0 Å². The summed E-state index contributed by atoms with van der Waals surface area (Å²) in [7, 11) is 0. The van der Waals surface area contributed by atoms with E-state index in [1.807, 2.05) is 0 Å². The van der Waals surface area contributed by atoms with Gasteiger partial charge in [0.05, 0.1) is 0 Å². The van der Waals surface area contributed by atoms with Crippen molar-refractivity contribution in [3.05, 3.63) is 11.6 Å². The first-order valence-electron chi connectivity index (χ1n) is 4.37. The lowest BCUT2D eigenvalue weighted by Gasteiger charge is -2.12. The number of rotatable bonds is 0. The first kappa shape index (κ1) is 7.84. The molecule has 0 spiro atoms. The molecule has 2 atom stereocenters. The van der Waals surface area contributed by atoms with Crippen LogP contribution in [0.5, 0.6) is 0 Å². The Morgan fingerprint density at radius 2 is 2.10 bits per heavy atom. The van der Waals surface area contributed by atoms with E-state index in [1.54, 1.807) is 5.57 Å². The second kappa shape index (κ2) is 3.23. The zero-order valence-corrected chi connectivity index (χ0v) is 7.35. The minimum absolute atomic E-state index is 0.831. The molecule has 0 saturated carbocycles. The van der Waals surface area contributed by atoms with Crippen LogP contribution in [-0.2, 0) is 0 Å². The quantitative estimate of drug-likeness (QED) is 0.450. The molecule has 0 amide bonds. The van der Waals surface area contributed by atoms with E-state index >= 15 is 0 Å². The molecule has 0 radical (unpaired) electrons. The van der Waals surface area contributed by atoms with Crippen molar-refractivity contribution in [3.63, 3.8) is 0 Å². The van der Waals surface area contributed by atoms with E-state index in [-0.39, 0.29) is 0 Å². The third-order valence-electron chi connectivity index (χ3n) is 2.66. The van der Waals surface area contributed by atoms with Crippen LogP contribution in [0.15, 0.2) is 11.6 Å². The summed E-state index contributed by atoms with van der Waals surface area (Å²) in [5, 5.41) is 0. The maximum Gasteiger partial charge on any atom is -0.0232 e. The Bertz CT molecular complexity index is 133. The molecule has 0 N–H and O–H groups in total. The van der Waals surface area contributed by atoms with Gasteiger partial charge in [-0.25, -0.2) is 0 Å². The van der Waals surface area contributed by atoms with Crippen LogP contribution in [0.25, 0.3) is 0 Å². The highest BCUT2D eigenvalue weighted by Gasteiger charge is 2.12. The molecule has 0 fully saturated rings. The maximum absolute atomic E-state index is 2.41. The van der Waals surface area contributed by atoms with E-state index in [2.05, 4.69) is 26.8 Å². The third kappa shape index (κ3) is 1.86. The second-order valence-electron chi connectivity index (χ2n) is 3.77. The first-order valence-corrected chi connectivity index (χ1v) is 4.37. The molecule has 0 bridgehead atoms. The maximum atomic E-state index is 2.41. The van der Waals surface area contributed by atoms with Gasteiger partial charge in [-0.1, -0.05) is 25.5 Å². The van der Waals surface area contributed by atoms with Crippen molar-refractivity contribution in [2.45, 2.75) is 40.0 Å². The van der Waals surface area contributed by atoms with Crippen LogP contribution >= 0.6 is 0 Å². The van der Waals surface area contributed by atoms with Crippen molar-refractivity contribution >= 4 is 0 Å². The van der Waals surface area contributed by atoms with Gasteiger partial charge in [-0.3, -0.25) is 0 Å². The summed E-state index contributed by atoms with van der Waals surface area (Å²) in [6, 6.07) is 0. The second-order valence-corrected chi connectivity index (χ2v) is 3.77. The van der Waals surface area contributed by atoms with Gasteiger partial charge >= 0.3 is 0 Å². The lowest BCUT2D eigenvalue weighted by molar-refractivity contribution is 0.446. The lowest BCUT2D eigenvalue weighted by Crippen LogP contribution is -2.00. The largest absolute Gasteiger partial charge is 0.0853 e. The van der Waals surface area contributed by atoms with Crippen molar-refractivity contribution in [2.75, 3.05) is 0 Å².